The lowest BCUT2D eigenvalue weighted by molar-refractivity contribution is -0.137. The van der Waals surface area contributed by atoms with Crippen LogP contribution in [0.2, 0.25) is 0 Å². The number of para-hydroxylation sites is 1. The average molecular weight is 281 g/mol. The van der Waals surface area contributed by atoms with Crippen molar-refractivity contribution in [1.29, 1.82) is 0 Å². The summed E-state index contributed by atoms with van der Waals surface area (Å²) in [4.78, 5) is 0. The van der Waals surface area contributed by atoms with Gasteiger partial charge in [-0.3, -0.25) is 0 Å². The Balaban J connectivity index is 2.20. The van der Waals surface area contributed by atoms with Crippen LogP contribution < -0.4 is 5.32 Å². The van der Waals surface area contributed by atoms with Crippen LogP contribution in [0, 0.1) is 6.92 Å². The molecule has 0 aliphatic carbocycles. The number of rotatable bonds is 1. The minimum atomic E-state index is -4.38. The van der Waals surface area contributed by atoms with Crippen molar-refractivity contribution >= 4 is 0 Å². The van der Waals surface area contributed by atoms with Gasteiger partial charge in [-0.1, -0.05) is 12.1 Å². The van der Waals surface area contributed by atoms with E-state index in [0.29, 0.717) is 13.0 Å². The summed E-state index contributed by atoms with van der Waals surface area (Å²) in [5, 5.41) is 7.53. The lowest BCUT2D eigenvalue weighted by Crippen LogP contribution is -2.25. The molecule has 3 rings (SSSR count). The fourth-order valence-corrected chi connectivity index (χ4v) is 2.61. The lowest BCUT2D eigenvalue weighted by Gasteiger charge is -2.18. The van der Waals surface area contributed by atoms with E-state index in [-0.39, 0.29) is 5.69 Å². The zero-order valence-electron chi connectivity index (χ0n) is 11.0. The van der Waals surface area contributed by atoms with E-state index in [1.807, 2.05) is 6.92 Å². The summed E-state index contributed by atoms with van der Waals surface area (Å²) in [6.07, 6.45) is -3.70. The highest BCUT2D eigenvalue weighted by Crippen LogP contribution is 2.34. The first-order chi connectivity index (χ1) is 9.48. The number of aryl methyl sites for hydroxylation is 1. The zero-order valence-corrected chi connectivity index (χ0v) is 11.0. The van der Waals surface area contributed by atoms with Gasteiger partial charge >= 0.3 is 6.18 Å². The number of nitrogens with one attached hydrogen (secondary N) is 1. The Morgan fingerprint density at radius 2 is 2.00 bits per heavy atom. The number of hydrogen-bond donors (Lipinski definition) is 1. The predicted molar refractivity (Wildman–Crippen MR) is 68.7 cm³/mol. The fourth-order valence-electron chi connectivity index (χ4n) is 2.61. The number of alkyl halides is 3. The van der Waals surface area contributed by atoms with E-state index in [4.69, 9.17) is 0 Å². The van der Waals surface area contributed by atoms with Crippen LogP contribution in [0.4, 0.5) is 13.2 Å². The number of fused-ring (bicyclic) bond motifs is 1. The normalized spacial score (nSPS) is 15.2. The number of aromatic nitrogens is 2. The Morgan fingerprint density at radius 3 is 2.75 bits per heavy atom. The van der Waals surface area contributed by atoms with Crippen molar-refractivity contribution in [1.82, 2.24) is 15.1 Å². The van der Waals surface area contributed by atoms with Crippen LogP contribution >= 0.6 is 0 Å². The van der Waals surface area contributed by atoms with Gasteiger partial charge in [-0.15, -0.1) is 0 Å². The first kappa shape index (κ1) is 13.2. The molecule has 0 spiro atoms. The molecule has 0 amide bonds. The average Bonchev–Trinajstić information content (AvgIpc) is 2.76. The van der Waals surface area contributed by atoms with Gasteiger partial charge in [-0.2, -0.15) is 18.3 Å². The monoisotopic (exact) mass is 281 g/mol. The van der Waals surface area contributed by atoms with E-state index in [2.05, 4.69) is 10.4 Å². The third kappa shape index (κ3) is 2.10. The minimum absolute atomic E-state index is 0.103. The predicted octanol–water partition coefficient (Wildman–Crippen LogP) is 2.85. The molecule has 2 heterocycles. The molecule has 0 unspecified atom stereocenters. The highest BCUT2D eigenvalue weighted by atomic mass is 19.4. The summed E-state index contributed by atoms with van der Waals surface area (Å²) < 4.78 is 40.8. The summed E-state index contributed by atoms with van der Waals surface area (Å²) in [6.45, 7) is 3.25. The summed E-state index contributed by atoms with van der Waals surface area (Å²) in [6, 6.07) is 5.57. The Bertz CT molecular complexity index is 644. The summed E-state index contributed by atoms with van der Waals surface area (Å²) in [7, 11) is 0. The first-order valence-corrected chi connectivity index (χ1v) is 6.43. The summed E-state index contributed by atoms with van der Waals surface area (Å²) in [5.41, 5.74) is 2.12. The molecule has 0 atom stereocenters. The molecule has 0 saturated heterocycles. The van der Waals surface area contributed by atoms with E-state index < -0.39 is 11.7 Å². The molecule has 2 aromatic rings. The van der Waals surface area contributed by atoms with Crippen LogP contribution in [0.5, 0.6) is 0 Å². The van der Waals surface area contributed by atoms with Crippen LogP contribution in [-0.4, -0.2) is 16.3 Å². The summed E-state index contributed by atoms with van der Waals surface area (Å²) >= 11 is 0. The maximum atomic E-state index is 13.1. The molecule has 1 aromatic heterocycles. The van der Waals surface area contributed by atoms with E-state index in [0.717, 1.165) is 29.6 Å². The second-order valence-electron chi connectivity index (χ2n) is 4.86. The molecule has 1 N–H and O–H groups in total. The van der Waals surface area contributed by atoms with Gasteiger partial charge in [-0.25, -0.2) is 4.68 Å². The van der Waals surface area contributed by atoms with Gasteiger partial charge in [0.1, 0.15) is 0 Å². The molecule has 0 saturated carbocycles. The van der Waals surface area contributed by atoms with Crippen molar-refractivity contribution in [2.75, 3.05) is 6.54 Å². The van der Waals surface area contributed by atoms with Crippen molar-refractivity contribution in [3.05, 3.63) is 46.8 Å². The van der Waals surface area contributed by atoms with Crippen LogP contribution in [0.3, 0.4) is 0 Å². The van der Waals surface area contributed by atoms with Crippen LogP contribution in [0.1, 0.15) is 22.5 Å². The Labute approximate surface area is 114 Å². The van der Waals surface area contributed by atoms with E-state index >= 15 is 0 Å². The van der Waals surface area contributed by atoms with E-state index in [1.54, 1.807) is 6.07 Å². The van der Waals surface area contributed by atoms with Crippen molar-refractivity contribution in [2.24, 2.45) is 0 Å². The fraction of sp³-hybridized carbons (Fsp3) is 0.357. The van der Waals surface area contributed by atoms with Crippen molar-refractivity contribution in [3.8, 4) is 5.69 Å². The molecule has 6 heteroatoms. The van der Waals surface area contributed by atoms with E-state index in [9.17, 15) is 13.2 Å². The van der Waals surface area contributed by atoms with Crippen molar-refractivity contribution in [3.63, 3.8) is 0 Å². The van der Waals surface area contributed by atoms with Crippen LogP contribution in [0.15, 0.2) is 24.3 Å². The third-order valence-corrected chi connectivity index (χ3v) is 3.57. The van der Waals surface area contributed by atoms with Crippen molar-refractivity contribution < 1.29 is 13.2 Å². The number of benzene rings is 1. The number of hydrogen-bond acceptors (Lipinski definition) is 2. The van der Waals surface area contributed by atoms with Crippen molar-refractivity contribution in [2.45, 2.75) is 26.1 Å². The quantitative estimate of drug-likeness (QED) is 0.871. The Kier molecular flexibility index (Phi) is 3.05. The lowest BCUT2D eigenvalue weighted by atomic mass is 10.1. The van der Waals surface area contributed by atoms with Gasteiger partial charge < -0.3 is 5.32 Å². The molecule has 0 fully saturated rings. The molecule has 1 aliphatic heterocycles. The second kappa shape index (κ2) is 4.63. The first-order valence-electron chi connectivity index (χ1n) is 6.43. The van der Waals surface area contributed by atoms with E-state index in [1.165, 1.54) is 16.8 Å². The van der Waals surface area contributed by atoms with Gasteiger partial charge in [0, 0.05) is 25.1 Å². The maximum Gasteiger partial charge on any atom is 0.418 e. The maximum absolute atomic E-state index is 13.1. The van der Waals surface area contributed by atoms with Gasteiger partial charge in [-0.05, 0) is 19.1 Å². The molecular formula is C14H14F3N3. The molecule has 3 nitrogen and oxygen atoms in total. The van der Waals surface area contributed by atoms with Gasteiger partial charge in [0.05, 0.1) is 22.6 Å². The molecule has 1 aromatic carbocycles. The smallest absolute Gasteiger partial charge is 0.312 e. The van der Waals surface area contributed by atoms with Gasteiger partial charge in [0.25, 0.3) is 0 Å². The molecule has 1 aliphatic rings. The SMILES string of the molecule is Cc1nn(-c2ccccc2C(F)(F)F)c2c1CNCC2. The summed E-state index contributed by atoms with van der Waals surface area (Å²) in [5.74, 6) is 0. The zero-order chi connectivity index (χ0) is 14.3. The third-order valence-electron chi connectivity index (χ3n) is 3.57. The van der Waals surface area contributed by atoms with Crippen LogP contribution in [-0.2, 0) is 19.1 Å². The largest absolute Gasteiger partial charge is 0.418 e. The molecular weight excluding hydrogens is 267 g/mol. The Hall–Kier alpha value is -1.82. The number of halogens is 3. The topological polar surface area (TPSA) is 29.9 Å². The molecule has 0 bridgehead atoms. The minimum Gasteiger partial charge on any atom is -0.312 e. The molecule has 20 heavy (non-hydrogen) atoms. The number of nitrogens with zero attached hydrogens (tertiary/aromatic N) is 2. The Morgan fingerprint density at radius 1 is 1.25 bits per heavy atom. The van der Waals surface area contributed by atoms with Gasteiger partial charge in [0.2, 0.25) is 0 Å². The van der Waals surface area contributed by atoms with Crippen LogP contribution in [0.25, 0.3) is 5.69 Å². The molecule has 106 valence electrons. The second-order valence-corrected chi connectivity index (χ2v) is 4.86. The highest BCUT2D eigenvalue weighted by molar-refractivity contribution is 5.45. The molecule has 0 radical (unpaired) electrons. The highest BCUT2D eigenvalue weighted by Gasteiger charge is 2.34. The van der Waals surface area contributed by atoms with Gasteiger partial charge in [0.15, 0.2) is 0 Å². The standard InChI is InChI=1S/C14H14F3N3/c1-9-10-8-18-7-6-12(10)20(19-9)13-5-3-2-4-11(13)14(15,16)17/h2-5,18H,6-8H2,1H3.